The highest BCUT2D eigenvalue weighted by Gasteiger charge is 2.23. The second-order valence-electron chi connectivity index (χ2n) is 4.04. The summed E-state index contributed by atoms with van der Waals surface area (Å²) in [6.45, 7) is 1.85. The van der Waals surface area contributed by atoms with Crippen LogP contribution in [0.1, 0.15) is 5.56 Å². The number of halogens is 1. The minimum Gasteiger partial charge on any atom is -0.274 e. The van der Waals surface area contributed by atoms with Crippen molar-refractivity contribution < 1.29 is 13.6 Å². The zero-order valence-corrected chi connectivity index (χ0v) is 11.7. The first kappa shape index (κ1) is 13.9. The van der Waals surface area contributed by atoms with Gasteiger partial charge < -0.3 is 0 Å². The Bertz CT molecular complexity index is 683. The summed E-state index contributed by atoms with van der Waals surface area (Å²) in [4.78, 5) is 0.0144. The molecule has 1 N–H and O–H groups in total. The molecule has 100 valence electrons. The molecule has 2 aromatic carbocycles. The lowest BCUT2D eigenvalue weighted by Crippen LogP contribution is -2.27. The Morgan fingerprint density at radius 3 is 2.32 bits per heavy atom. The van der Waals surface area contributed by atoms with Crippen LogP contribution in [-0.2, 0) is 10.0 Å². The van der Waals surface area contributed by atoms with E-state index < -0.39 is 10.0 Å². The number of hydrogen-bond donors (Lipinski definition) is 1. The predicted molar refractivity (Wildman–Crippen MR) is 74.1 cm³/mol. The van der Waals surface area contributed by atoms with Crippen LogP contribution in [-0.4, -0.2) is 13.6 Å². The summed E-state index contributed by atoms with van der Waals surface area (Å²) in [5.74, 6) is 0. The highest BCUT2D eigenvalue weighted by Crippen LogP contribution is 2.24. The minimum absolute atomic E-state index is 0.0144. The van der Waals surface area contributed by atoms with E-state index in [9.17, 15) is 13.6 Å². The van der Waals surface area contributed by atoms with E-state index in [-0.39, 0.29) is 15.1 Å². The second-order valence-corrected chi connectivity index (χ2v) is 6.24. The fraction of sp³-hybridized carbons (Fsp3) is 0.0769. The van der Waals surface area contributed by atoms with E-state index in [4.69, 9.17) is 11.6 Å². The maximum Gasteiger partial charge on any atom is 0.286 e. The first-order valence-corrected chi connectivity index (χ1v) is 7.29. The van der Waals surface area contributed by atoms with E-state index in [0.29, 0.717) is 5.02 Å². The normalized spacial score (nSPS) is 11.3. The fourth-order valence-corrected chi connectivity index (χ4v) is 2.80. The van der Waals surface area contributed by atoms with Crippen molar-refractivity contribution in [3.63, 3.8) is 0 Å². The van der Waals surface area contributed by atoms with Gasteiger partial charge in [-0.1, -0.05) is 35.4 Å². The van der Waals surface area contributed by atoms with Gasteiger partial charge >= 0.3 is 0 Å². The smallest absolute Gasteiger partial charge is 0.274 e. The number of aryl methyl sites for hydroxylation is 1. The Labute approximate surface area is 116 Å². The van der Waals surface area contributed by atoms with Crippen LogP contribution < -0.4 is 4.47 Å². The van der Waals surface area contributed by atoms with Crippen LogP contribution >= 0.6 is 11.6 Å². The molecule has 0 radical (unpaired) electrons. The van der Waals surface area contributed by atoms with Gasteiger partial charge in [0.2, 0.25) is 0 Å². The molecule has 19 heavy (non-hydrogen) atoms. The van der Waals surface area contributed by atoms with Gasteiger partial charge in [0, 0.05) is 5.02 Å². The fourth-order valence-electron chi connectivity index (χ4n) is 1.54. The summed E-state index contributed by atoms with van der Waals surface area (Å²) in [5.41, 5.74) is 1.03. The van der Waals surface area contributed by atoms with Crippen LogP contribution in [0.3, 0.4) is 0 Å². The van der Waals surface area contributed by atoms with Crippen molar-refractivity contribution in [2.75, 3.05) is 4.47 Å². The zero-order valence-electron chi connectivity index (χ0n) is 10.1. The van der Waals surface area contributed by atoms with Crippen molar-refractivity contribution in [1.29, 1.82) is 0 Å². The minimum atomic E-state index is -4.00. The summed E-state index contributed by atoms with van der Waals surface area (Å²) in [7, 11) is -4.00. The molecule has 4 nitrogen and oxygen atoms in total. The molecular weight excluding hydrogens is 286 g/mol. The van der Waals surface area contributed by atoms with E-state index in [1.807, 2.05) is 6.92 Å². The van der Waals surface area contributed by atoms with Gasteiger partial charge in [0.05, 0.1) is 10.6 Å². The van der Waals surface area contributed by atoms with Crippen molar-refractivity contribution in [3.05, 3.63) is 59.1 Å². The molecule has 0 atom stereocenters. The van der Waals surface area contributed by atoms with Gasteiger partial charge in [-0.05, 0) is 37.3 Å². The number of benzene rings is 2. The monoisotopic (exact) mass is 297 g/mol. The van der Waals surface area contributed by atoms with Gasteiger partial charge in [-0.2, -0.15) is 8.42 Å². The van der Waals surface area contributed by atoms with Gasteiger partial charge in [0.25, 0.3) is 10.0 Å². The van der Waals surface area contributed by atoms with Crippen LogP contribution in [0.25, 0.3) is 0 Å². The molecule has 0 saturated carbocycles. The number of sulfonamides is 1. The van der Waals surface area contributed by atoms with Crippen molar-refractivity contribution in [2.24, 2.45) is 0 Å². The average molecular weight is 298 g/mol. The highest BCUT2D eigenvalue weighted by atomic mass is 35.5. The van der Waals surface area contributed by atoms with Gasteiger partial charge in [0.15, 0.2) is 0 Å². The van der Waals surface area contributed by atoms with Gasteiger partial charge in [-0.25, -0.2) is 0 Å². The molecule has 0 aromatic heterocycles. The van der Waals surface area contributed by atoms with Crippen LogP contribution in [0.2, 0.25) is 5.02 Å². The van der Waals surface area contributed by atoms with Crippen LogP contribution in [0, 0.1) is 6.92 Å². The summed E-state index contributed by atoms with van der Waals surface area (Å²) < 4.78 is 24.6. The van der Waals surface area contributed by atoms with Crippen molar-refractivity contribution in [2.45, 2.75) is 11.8 Å². The lowest BCUT2D eigenvalue weighted by molar-refractivity contribution is 0.316. The molecule has 0 saturated heterocycles. The Morgan fingerprint density at radius 2 is 1.74 bits per heavy atom. The molecule has 0 amide bonds. The largest absolute Gasteiger partial charge is 0.286 e. The van der Waals surface area contributed by atoms with E-state index in [1.54, 1.807) is 24.3 Å². The summed E-state index contributed by atoms with van der Waals surface area (Å²) in [5, 5.41) is 10.2. The van der Waals surface area contributed by atoms with Crippen molar-refractivity contribution in [3.8, 4) is 0 Å². The number of anilines is 1. The maximum atomic E-state index is 12.2. The molecular formula is C13H12ClNO3S. The quantitative estimate of drug-likeness (QED) is 0.885. The van der Waals surface area contributed by atoms with Crippen LogP contribution in [0.4, 0.5) is 5.69 Å². The zero-order chi connectivity index (χ0) is 14.0. The number of hydrogen-bond acceptors (Lipinski definition) is 3. The molecule has 2 rings (SSSR count). The maximum absolute atomic E-state index is 12.2. The number of rotatable bonds is 3. The molecule has 0 fully saturated rings. The van der Waals surface area contributed by atoms with E-state index in [0.717, 1.165) is 5.56 Å². The lowest BCUT2D eigenvalue weighted by atomic mass is 10.2. The van der Waals surface area contributed by atoms with Gasteiger partial charge in [0.1, 0.15) is 0 Å². The van der Waals surface area contributed by atoms with Crippen molar-refractivity contribution in [1.82, 2.24) is 0 Å². The molecule has 0 aliphatic heterocycles. The third kappa shape index (κ3) is 2.89. The van der Waals surface area contributed by atoms with Gasteiger partial charge in [-0.15, -0.1) is 4.47 Å². The summed E-state index contributed by atoms with van der Waals surface area (Å²) >= 11 is 5.77. The van der Waals surface area contributed by atoms with Crippen molar-refractivity contribution >= 4 is 27.3 Å². The summed E-state index contributed by atoms with van der Waals surface area (Å²) in [6, 6.07) is 12.2. The Kier molecular flexibility index (Phi) is 3.80. The highest BCUT2D eigenvalue weighted by molar-refractivity contribution is 7.92. The molecule has 0 aliphatic rings. The van der Waals surface area contributed by atoms with E-state index in [1.165, 1.54) is 24.3 Å². The molecule has 0 heterocycles. The van der Waals surface area contributed by atoms with Crippen LogP contribution in [0.5, 0.6) is 0 Å². The first-order valence-electron chi connectivity index (χ1n) is 5.48. The summed E-state index contributed by atoms with van der Waals surface area (Å²) in [6.07, 6.45) is 0. The molecule has 0 bridgehead atoms. The molecule has 2 aromatic rings. The molecule has 0 unspecified atom stereocenters. The Morgan fingerprint density at radius 1 is 1.11 bits per heavy atom. The first-order chi connectivity index (χ1) is 8.91. The van der Waals surface area contributed by atoms with E-state index >= 15 is 0 Å². The predicted octanol–water partition coefficient (Wildman–Crippen LogP) is 3.23. The number of nitrogens with zero attached hydrogens (tertiary/aromatic N) is 1. The standard InChI is InChI=1S/C13H12ClNO3S/c1-10-5-7-13(8-6-10)19(17,18)15(16)12-4-2-3-11(14)9-12/h2-9,16H,1H3. The van der Waals surface area contributed by atoms with Crippen LogP contribution in [0.15, 0.2) is 53.4 Å². The average Bonchev–Trinajstić information content (AvgIpc) is 2.38. The SMILES string of the molecule is Cc1ccc(S(=O)(=O)N(O)c2cccc(Cl)c2)cc1. The Hall–Kier alpha value is -1.56. The molecule has 0 spiro atoms. The third-order valence-electron chi connectivity index (χ3n) is 2.58. The lowest BCUT2D eigenvalue weighted by Gasteiger charge is -2.17. The second kappa shape index (κ2) is 5.21. The van der Waals surface area contributed by atoms with Gasteiger partial charge in [-0.3, -0.25) is 5.21 Å². The molecule has 0 aliphatic carbocycles. The Balaban J connectivity index is 2.42. The third-order valence-corrected chi connectivity index (χ3v) is 4.34. The topological polar surface area (TPSA) is 57.6 Å². The van der Waals surface area contributed by atoms with E-state index in [2.05, 4.69) is 0 Å². The molecule has 6 heteroatoms.